The fraction of sp³-hybridized carbons (Fsp3) is 0.611. The van der Waals surface area contributed by atoms with E-state index in [1.54, 1.807) is 17.0 Å². The molecule has 3 rings (SSSR count). The van der Waals surface area contributed by atoms with Crippen LogP contribution in [0.25, 0.3) is 0 Å². The maximum Gasteiger partial charge on any atom is 0.293 e. The highest BCUT2D eigenvalue weighted by Crippen LogP contribution is 2.33. The number of halogens is 1. The van der Waals surface area contributed by atoms with Crippen LogP contribution >= 0.6 is 12.4 Å². The number of nitrogens with zero attached hydrogens (tertiary/aromatic N) is 3. The normalized spacial score (nSPS) is 20.8. The lowest BCUT2D eigenvalue weighted by Crippen LogP contribution is -2.40. The first kappa shape index (κ1) is 20.5. The molecule has 1 unspecified atom stereocenters. The lowest BCUT2D eigenvalue weighted by atomic mass is 9.98. The SMILES string of the molecule is CC1CCN(c2ccc(C(=O)N3CCCC3CN)cc2[N+](=O)[O-])CC1.Cl. The van der Waals surface area contributed by atoms with Gasteiger partial charge in [0.05, 0.1) is 4.92 Å². The summed E-state index contributed by atoms with van der Waals surface area (Å²) in [5.74, 6) is 0.495. The molecule has 0 saturated carbocycles. The minimum absolute atomic E-state index is 0. The van der Waals surface area contributed by atoms with Crippen molar-refractivity contribution in [2.24, 2.45) is 11.7 Å². The molecule has 26 heavy (non-hydrogen) atoms. The van der Waals surface area contributed by atoms with Crippen LogP contribution in [-0.2, 0) is 0 Å². The first-order chi connectivity index (χ1) is 12.0. The van der Waals surface area contributed by atoms with Gasteiger partial charge in [0.2, 0.25) is 0 Å². The van der Waals surface area contributed by atoms with Crippen molar-refractivity contribution in [2.45, 2.75) is 38.6 Å². The zero-order chi connectivity index (χ0) is 18.0. The molecule has 2 fully saturated rings. The topological polar surface area (TPSA) is 92.7 Å². The molecule has 2 N–H and O–H groups in total. The summed E-state index contributed by atoms with van der Waals surface area (Å²) in [6.45, 7) is 4.93. The van der Waals surface area contributed by atoms with E-state index in [-0.39, 0.29) is 35.0 Å². The number of piperidine rings is 1. The number of carbonyl (C=O) groups is 1. The molecule has 2 aliphatic rings. The minimum Gasteiger partial charge on any atom is -0.366 e. The van der Waals surface area contributed by atoms with Crippen LogP contribution in [0.1, 0.15) is 43.0 Å². The Balaban J connectivity index is 0.00000243. The summed E-state index contributed by atoms with van der Waals surface area (Å²) >= 11 is 0. The number of nitro groups is 1. The third-order valence-corrected chi connectivity index (χ3v) is 5.45. The Morgan fingerprint density at radius 2 is 1.96 bits per heavy atom. The molecule has 0 spiro atoms. The van der Waals surface area contributed by atoms with Crippen molar-refractivity contribution >= 4 is 29.7 Å². The number of carbonyl (C=O) groups excluding carboxylic acids is 1. The molecule has 0 aromatic heterocycles. The van der Waals surface area contributed by atoms with E-state index in [1.807, 2.05) is 0 Å². The van der Waals surface area contributed by atoms with Crippen LogP contribution in [-0.4, -0.2) is 48.0 Å². The van der Waals surface area contributed by atoms with Crippen molar-refractivity contribution in [1.29, 1.82) is 0 Å². The second-order valence-electron chi connectivity index (χ2n) is 7.16. The second kappa shape index (κ2) is 8.68. The number of hydrogen-bond acceptors (Lipinski definition) is 5. The zero-order valence-electron chi connectivity index (χ0n) is 15.1. The number of hydrogen-bond donors (Lipinski definition) is 1. The highest BCUT2D eigenvalue weighted by atomic mass is 35.5. The second-order valence-corrected chi connectivity index (χ2v) is 7.16. The van der Waals surface area contributed by atoms with Gasteiger partial charge in [0.25, 0.3) is 11.6 Å². The van der Waals surface area contributed by atoms with Crippen LogP contribution in [0, 0.1) is 16.0 Å². The fourth-order valence-corrected chi connectivity index (χ4v) is 3.83. The van der Waals surface area contributed by atoms with Crippen LogP contribution in [0.3, 0.4) is 0 Å². The molecule has 1 amide bonds. The summed E-state index contributed by atoms with van der Waals surface area (Å²) in [5.41, 5.74) is 6.75. The van der Waals surface area contributed by atoms with Crippen molar-refractivity contribution in [3.05, 3.63) is 33.9 Å². The molecule has 0 radical (unpaired) electrons. The van der Waals surface area contributed by atoms with Gasteiger partial charge in [-0.2, -0.15) is 0 Å². The Hall–Kier alpha value is -1.86. The highest BCUT2D eigenvalue weighted by molar-refractivity contribution is 5.96. The number of nitrogens with two attached hydrogens (primary N) is 1. The van der Waals surface area contributed by atoms with Crippen molar-refractivity contribution in [2.75, 3.05) is 31.1 Å². The van der Waals surface area contributed by atoms with Gasteiger partial charge < -0.3 is 15.5 Å². The van der Waals surface area contributed by atoms with E-state index in [2.05, 4.69) is 11.8 Å². The first-order valence-corrected chi connectivity index (χ1v) is 9.05. The van der Waals surface area contributed by atoms with E-state index in [0.717, 1.165) is 38.8 Å². The number of likely N-dealkylation sites (tertiary alicyclic amines) is 1. The average molecular weight is 383 g/mol. The number of rotatable bonds is 4. The molecule has 2 aliphatic heterocycles. The lowest BCUT2D eigenvalue weighted by molar-refractivity contribution is -0.384. The van der Waals surface area contributed by atoms with Gasteiger partial charge in [0, 0.05) is 43.9 Å². The predicted molar refractivity (Wildman–Crippen MR) is 104 cm³/mol. The van der Waals surface area contributed by atoms with Crippen LogP contribution in [0.15, 0.2) is 18.2 Å². The van der Waals surface area contributed by atoms with E-state index in [4.69, 9.17) is 5.73 Å². The van der Waals surface area contributed by atoms with E-state index >= 15 is 0 Å². The van der Waals surface area contributed by atoms with Crippen molar-refractivity contribution in [1.82, 2.24) is 4.90 Å². The van der Waals surface area contributed by atoms with Crippen LogP contribution in [0.5, 0.6) is 0 Å². The number of nitro benzene ring substituents is 1. The minimum atomic E-state index is -0.380. The summed E-state index contributed by atoms with van der Waals surface area (Å²) in [4.78, 5) is 27.8. The van der Waals surface area contributed by atoms with Gasteiger partial charge >= 0.3 is 0 Å². The van der Waals surface area contributed by atoms with Gasteiger partial charge in [0.1, 0.15) is 5.69 Å². The quantitative estimate of drug-likeness (QED) is 0.638. The zero-order valence-corrected chi connectivity index (χ0v) is 15.9. The lowest BCUT2D eigenvalue weighted by Gasteiger charge is -2.32. The molecule has 1 aromatic rings. The Kier molecular flexibility index (Phi) is 6.83. The Bertz CT molecular complexity index is 662. The molecule has 144 valence electrons. The average Bonchev–Trinajstić information content (AvgIpc) is 3.10. The standard InChI is InChI=1S/C18H26N4O3.ClH/c1-13-6-9-20(10-7-13)16-5-4-14(11-17(16)22(24)25)18(23)21-8-2-3-15(21)12-19;/h4-5,11,13,15H,2-3,6-10,12,19H2,1H3;1H. The maximum absolute atomic E-state index is 12.8. The number of amides is 1. The summed E-state index contributed by atoms with van der Waals surface area (Å²) in [5, 5.41) is 11.6. The van der Waals surface area contributed by atoms with E-state index in [1.165, 1.54) is 6.07 Å². The Morgan fingerprint density at radius 1 is 1.27 bits per heavy atom. The summed E-state index contributed by atoms with van der Waals surface area (Å²) in [7, 11) is 0. The smallest absolute Gasteiger partial charge is 0.293 e. The van der Waals surface area contributed by atoms with Crippen molar-refractivity contribution in [3.63, 3.8) is 0 Å². The van der Waals surface area contributed by atoms with Crippen LogP contribution < -0.4 is 10.6 Å². The monoisotopic (exact) mass is 382 g/mol. The fourth-order valence-electron chi connectivity index (χ4n) is 3.83. The third kappa shape index (κ3) is 4.10. The summed E-state index contributed by atoms with van der Waals surface area (Å²) in [6.07, 6.45) is 3.89. The molecule has 2 saturated heterocycles. The van der Waals surface area contributed by atoms with E-state index in [0.29, 0.717) is 30.3 Å². The molecule has 7 nitrogen and oxygen atoms in total. The Labute approximate surface area is 160 Å². The van der Waals surface area contributed by atoms with Crippen molar-refractivity contribution in [3.8, 4) is 0 Å². The van der Waals surface area contributed by atoms with Crippen LogP contribution in [0.2, 0.25) is 0 Å². The predicted octanol–water partition coefficient (Wildman–Crippen LogP) is 2.82. The molecular formula is C18H27ClN4O3. The van der Waals surface area contributed by atoms with Crippen LogP contribution in [0.4, 0.5) is 11.4 Å². The molecule has 1 atom stereocenters. The number of benzene rings is 1. The van der Waals surface area contributed by atoms with Gasteiger partial charge in [-0.1, -0.05) is 6.92 Å². The molecule has 2 heterocycles. The van der Waals surface area contributed by atoms with Gasteiger partial charge in [-0.3, -0.25) is 14.9 Å². The van der Waals surface area contributed by atoms with Gasteiger partial charge in [-0.05, 0) is 43.7 Å². The van der Waals surface area contributed by atoms with E-state index in [9.17, 15) is 14.9 Å². The maximum atomic E-state index is 12.8. The summed E-state index contributed by atoms with van der Waals surface area (Å²) in [6, 6.07) is 4.92. The van der Waals surface area contributed by atoms with Gasteiger partial charge in [-0.25, -0.2) is 0 Å². The Morgan fingerprint density at radius 3 is 2.58 bits per heavy atom. The molecule has 1 aromatic carbocycles. The number of anilines is 1. The molecule has 8 heteroatoms. The summed E-state index contributed by atoms with van der Waals surface area (Å²) < 4.78 is 0. The van der Waals surface area contributed by atoms with Gasteiger partial charge in [0.15, 0.2) is 0 Å². The molecule has 0 bridgehead atoms. The first-order valence-electron chi connectivity index (χ1n) is 9.05. The van der Waals surface area contributed by atoms with Crippen molar-refractivity contribution < 1.29 is 9.72 Å². The molecule has 0 aliphatic carbocycles. The van der Waals surface area contributed by atoms with E-state index < -0.39 is 0 Å². The molecular weight excluding hydrogens is 356 g/mol. The third-order valence-electron chi connectivity index (χ3n) is 5.45. The van der Waals surface area contributed by atoms with Gasteiger partial charge in [-0.15, -0.1) is 12.4 Å². The largest absolute Gasteiger partial charge is 0.366 e. The highest BCUT2D eigenvalue weighted by Gasteiger charge is 2.30.